The second-order valence-corrected chi connectivity index (χ2v) is 3.82. The molecular formula is C12H9NO5. The van der Waals surface area contributed by atoms with Crippen molar-refractivity contribution in [3.8, 4) is 0 Å². The second-order valence-electron chi connectivity index (χ2n) is 3.82. The number of carbonyl (C=O) groups excluding carboxylic acids is 3. The van der Waals surface area contributed by atoms with Crippen molar-refractivity contribution in [3.63, 3.8) is 0 Å². The molecule has 6 nitrogen and oxygen atoms in total. The first-order chi connectivity index (χ1) is 8.54. The fourth-order valence-electron chi connectivity index (χ4n) is 1.83. The van der Waals surface area contributed by atoms with Crippen molar-refractivity contribution < 1.29 is 24.3 Å². The maximum atomic E-state index is 11.6. The molecule has 1 N–H and O–H groups in total. The van der Waals surface area contributed by atoms with Gasteiger partial charge in [-0.2, -0.15) is 0 Å². The van der Waals surface area contributed by atoms with Crippen LogP contribution < -0.4 is 4.90 Å². The minimum atomic E-state index is -1.25. The number of hydrogen-bond donors (Lipinski definition) is 1. The fourth-order valence-corrected chi connectivity index (χ4v) is 1.83. The van der Waals surface area contributed by atoms with E-state index >= 15 is 0 Å². The molecule has 2 amide bonds. The molecule has 1 aromatic carbocycles. The highest BCUT2D eigenvalue weighted by Crippen LogP contribution is 2.27. The van der Waals surface area contributed by atoms with E-state index in [1.807, 2.05) is 0 Å². The minimum absolute atomic E-state index is 0.0420. The standard InChI is InChI=1S/C12H9NO5/c14-6-7-1-2-8(12(17)18)9(5-7)13-10(15)3-4-11(13)16/h1-2,5-6H,3-4H2,(H,17,18). The molecule has 1 fully saturated rings. The fraction of sp³-hybridized carbons (Fsp3) is 0.167. The lowest BCUT2D eigenvalue weighted by Crippen LogP contribution is -2.30. The zero-order chi connectivity index (χ0) is 13.3. The Bertz CT molecular complexity index is 548. The molecule has 2 rings (SSSR count). The van der Waals surface area contributed by atoms with E-state index in [1.54, 1.807) is 0 Å². The van der Waals surface area contributed by atoms with Gasteiger partial charge in [0.15, 0.2) is 0 Å². The summed E-state index contributed by atoms with van der Waals surface area (Å²) in [6.45, 7) is 0. The van der Waals surface area contributed by atoms with Gasteiger partial charge in [0.05, 0.1) is 11.3 Å². The first kappa shape index (κ1) is 12.0. The van der Waals surface area contributed by atoms with Gasteiger partial charge < -0.3 is 5.11 Å². The third-order valence-electron chi connectivity index (χ3n) is 2.68. The van der Waals surface area contributed by atoms with Crippen molar-refractivity contribution in [2.75, 3.05) is 4.90 Å². The predicted octanol–water partition coefficient (Wildman–Crippen LogP) is 0.851. The third kappa shape index (κ3) is 1.88. The highest BCUT2D eigenvalue weighted by molar-refractivity contribution is 6.22. The van der Waals surface area contributed by atoms with Crippen LogP contribution in [0.4, 0.5) is 5.69 Å². The van der Waals surface area contributed by atoms with E-state index in [1.165, 1.54) is 18.2 Å². The number of benzene rings is 1. The van der Waals surface area contributed by atoms with Gasteiger partial charge in [-0.15, -0.1) is 0 Å². The second kappa shape index (κ2) is 4.40. The molecule has 1 aliphatic heterocycles. The average molecular weight is 247 g/mol. The summed E-state index contributed by atoms with van der Waals surface area (Å²) in [6.07, 6.45) is 0.645. The number of aromatic carboxylic acids is 1. The summed E-state index contributed by atoms with van der Waals surface area (Å²) in [5, 5.41) is 9.02. The number of carboxylic acids is 1. The van der Waals surface area contributed by atoms with Gasteiger partial charge in [-0.25, -0.2) is 9.69 Å². The summed E-state index contributed by atoms with van der Waals surface area (Å²) < 4.78 is 0. The van der Waals surface area contributed by atoms with Gasteiger partial charge in [-0.05, 0) is 12.1 Å². The largest absolute Gasteiger partial charge is 0.478 e. The quantitative estimate of drug-likeness (QED) is 0.631. The van der Waals surface area contributed by atoms with Crippen LogP contribution in [0.5, 0.6) is 0 Å². The average Bonchev–Trinajstić information content (AvgIpc) is 2.68. The number of carboxylic acid groups (broad SMARTS) is 1. The number of hydrogen-bond acceptors (Lipinski definition) is 4. The summed E-state index contributed by atoms with van der Waals surface area (Å²) in [4.78, 5) is 45.7. The number of aldehydes is 1. The minimum Gasteiger partial charge on any atom is -0.478 e. The maximum Gasteiger partial charge on any atom is 0.337 e. The molecule has 0 aromatic heterocycles. The topological polar surface area (TPSA) is 91.8 Å². The zero-order valence-corrected chi connectivity index (χ0v) is 9.25. The van der Waals surface area contributed by atoms with Crippen LogP contribution in [0.2, 0.25) is 0 Å². The summed E-state index contributed by atoms with van der Waals surface area (Å²) in [7, 11) is 0. The molecule has 92 valence electrons. The maximum absolute atomic E-state index is 11.6. The molecule has 0 unspecified atom stereocenters. The Balaban J connectivity index is 2.59. The molecule has 0 radical (unpaired) electrons. The van der Waals surface area contributed by atoms with E-state index in [4.69, 9.17) is 5.11 Å². The predicted molar refractivity (Wildman–Crippen MR) is 60.5 cm³/mol. The van der Waals surface area contributed by atoms with Gasteiger partial charge in [-0.3, -0.25) is 14.4 Å². The van der Waals surface area contributed by atoms with Crippen LogP contribution in [0, 0.1) is 0 Å². The van der Waals surface area contributed by atoms with E-state index in [0.29, 0.717) is 6.29 Å². The van der Waals surface area contributed by atoms with Gasteiger partial charge in [0, 0.05) is 18.4 Å². The third-order valence-corrected chi connectivity index (χ3v) is 2.68. The van der Waals surface area contributed by atoms with Gasteiger partial charge in [0.2, 0.25) is 11.8 Å². The molecule has 0 saturated carbocycles. The van der Waals surface area contributed by atoms with Crippen LogP contribution in [0.25, 0.3) is 0 Å². The van der Waals surface area contributed by atoms with Crippen LogP contribution >= 0.6 is 0 Å². The summed E-state index contributed by atoms with van der Waals surface area (Å²) >= 11 is 0. The lowest BCUT2D eigenvalue weighted by Gasteiger charge is -2.16. The van der Waals surface area contributed by atoms with Crippen LogP contribution in [-0.2, 0) is 9.59 Å². The number of carbonyl (C=O) groups is 4. The van der Waals surface area contributed by atoms with Crippen molar-refractivity contribution in [1.29, 1.82) is 0 Å². The van der Waals surface area contributed by atoms with E-state index in [2.05, 4.69) is 0 Å². The number of imide groups is 1. The Morgan fingerprint density at radius 2 is 1.83 bits per heavy atom. The highest BCUT2D eigenvalue weighted by Gasteiger charge is 2.33. The van der Waals surface area contributed by atoms with Crippen molar-refractivity contribution >= 4 is 29.8 Å². The van der Waals surface area contributed by atoms with Crippen LogP contribution in [0.3, 0.4) is 0 Å². The molecule has 18 heavy (non-hydrogen) atoms. The molecule has 1 saturated heterocycles. The molecule has 1 aliphatic rings. The zero-order valence-electron chi connectivity index (χ0n) is 9.25. The number of anilines is 1. The Labute approximate surface area is 102 Å². The van der Waals surface area contributed by atoms with Crippen molar-refractivity contribution in [2.24, 2.45) is 0 Å². The smallest absolute Gasteiger partial charge is 0.337 e. The lowest BCUT2D eigenvalue weighted by atomic mass is 10.1. The Morgan fingerprint density at radius 3 is 2.33 bits per heavy atom. The van der Waals surface area contributed by atoms with E-state index < -0.39 is 17.8 Å². The summed E-state index contributed by atoms with van der Waals surface area (Å²) in [5.41, 5.74) is -0.00806. The molecule has 0 bridgehead atoms. The van der Waals surface area contributed by atoms with Crippen molar-refractivity contribution in [3.05, 3.63) is 29.3 Å². The summed E-state index contributed by atoms with van der Waals surface area (Å²) in [5.74, 6) is -2.16. The van der Waals surface area contributed by atoms with Crippen LogP contribution in [0.1, 0.15) is 33.6 Å². The Kier molecular flexibility index (Phi) is 2.93. The SMILES string of the molecule is O=Cc1ccc(C(=O)O)c(N2C(=O)CCC2=O)c1. The first-order valence-corrected chi connectivity index (χ1v) is 5.23. The van der Waals surface area contributed by atoms with E-state index in [9.17, 15) is 19.2 Å². The Hall–Kier alpha value is -2.50. The van der Waals surface area contributed by atoms with Gasteiger partial charge in [0.1, 0.15) is 6.29 Å². The number of nitrogens with zero attached hydrogens (tertiary/aromatic N) is 1. The van der Waals surface area contributed by atoms with Gasteiger partial charge in [-0.1, -0.05) is 6.07 Å². The van der Waals surface area contributed by atoms with Crippen LogP contribution in [0.15, 0.2) is 18.2 Å². The highest BCUT2D eigenvalue weighted by atomic mass is 16.4. The van der Waals surface area contributed by atoms with Gasteiger partial charge in [0.25, 0.3) is 0 Å². The molecular weight excluding hydrogens is 238 g/mol. The van der Waals surface area contributed by atoms with Crippen molar-refractivity contribution in [1.82, 2.24) is 0 Å². The normalized spacial score (nSPS) is 15.0. The van der Waals surface area contributed by atoms with E-state index in [0.717, 1.165) is 4.90 Å². The Morgan fingerprint density at radius 1 is 1.22 bits per heavy atom. The van der Waals surface area contributed by atoms with Crippen molar-refractivity contribution in [2.45, 2.75) is 12.8 Å². The monoisotopic (exact) mass is 247 g/mol. The van der Waals surface area contributed by atoms with Crippen LogP contribution in [-0.4, -0.2) is 29.2 Å². The molecule has 0 spiro atoms. The molecule has 0 atom stereocenters. The molecule has 6 heteroatoms. The molecule has 1 heterocycles. The van der Waals surface area contributed by atoms with E-state index in [-0.39, 0.29) is 29.7 Å². The number of amides is 2. The first-order valence-electron chi connectivity index (χ1n) is 5.23. The number of rotatable bonds is 3. The molecule has 1 aromatic rings. The van der Waals surface area contributed by atoms with Gasteiger partial charge >= 0.3 is 5.97 Å². The molecule has 0 aliphatic carbocycles. The lowest BCUT2D eigenvalue weighted by molar-refractivity contribution is -0.121. The summed E-state index contributed by atoms with van der Waals surface area (Å²) in [6, 6.07) is 3.77.